The van der Waals surface area contributed by atoms with Crippen LogP contribution in [0.5, 0.6) is 5.75 Å². The van der Waals surface area contributed by atoms with Crippen LogP contribution in [0.4, 0.5) is 5.69 Å². The van der Waals surface area contributed by atoms with E-state index < -0.39 is 5.60 Å². The van der Waals surface area contributed by atoms with E-state index in [1.54, 1.807) is 12.1 Å². The molecule has 2 rings (SSSR count). The molecular formula is C14H19N3O3. The van der Waals surface area contributed by atoms with E-state index in [1.165, 1.54) is 6.07 Å². The Labute approximate surface area is 117 Å². The van der Waals surface area contributed by atoms with Crippen LogP contribution in [-0.4, -0.2) is 21.9 Å². The first-order chi connectivity index (χ1) is 9.50. The third-order valence-corrected chi connectivity index (χ3v) is 3.31. The maximum Gasteiger partial charge on any atom is 0.258 e. The lowest BCUT2D eigenvalue weighted by molar-refractivity contribution is -0.0403. The van der Waals surface area contributed by atoms with Crippen molar-refractivity contribution >= 4 is 5.69 Å². The molecule has 0 fully saturated rings. The summed E-state index contributed by atoms with van der Waals surface area (Å²) in [6, 6.07) is 4.81. The van der Waals surface area contributed by atoms with Crippen molar-refractivity contribution in [2.24, 2.45) is 0 Å². The highest BCUT2D eigenvalue weighted by Crippen LogP contribution is 2.31. The van der Waals surface area contributed by atoms with Gasteiger partial charge < -0.3 is 20.1 Å². The standard InChI is InChI=1S/C14H19N3O3/c1-4-14(3,19-5-2)13-16-12(20-17-13)9-6-7-10(15)11(18)8-9/h6-8,18H,4-5,15H2,1-3H3. The molecule has 1 aromatic heterocycles. The third kappa shape index (κ3) is 2.60. The van der Waals surface area contributed by atoms with Crippen LogP contribution in [0.15, 0.2) is 22.7 Å². The zero-order valence-electron chi connectivity index (χ0n) is 11.9. The Balaban J connectivity index is 2.34. The number of hydrogen-bond donors (Lipinski definition) is 2. The van der Waals surface area contributed by atoms with E-state index in [-0.39, 0.29) is 5.75 Å². The first kappa shape index (κ1) is 14.3. The Hall–Kier alpha value is -2.08. The number of aromatic hydroxyl groups is 1. The van der Waals surface area contributed by atoms with Crippen LogP contribution in [0.25, 0.3) is 11.5 Å². The fourth-order valence-corrected chi connectivity index (χ4v) is 1.88. The van der Waals surface area contributed by atoms with Gasteiger partial charge in [-0.05, 0) is 38.5 Å². The SMILES string of the molecule is CCOC(C)(CC)c1noc(-c2ccc(N)c(O)c2)n1. The number of aromatic nitrogens is 2. The summed E-state index contributed by atoms with van der Waals surface area (Å²) in [5.74, 6) is 0.813. The molecule has 0 amide bonds. The first-order valence-electron chi connectivity index (χ1n) is 6.57. The molecule has 1 heterocycles. The van der Waals surface area contributed by atoms with Gasteiger partial charge in [0.15, 0.2) is 0 Å². The van der Waals surface area contributed by atoms with Crippen LogP contribution in [0, 0.1) is 0 Å². The van der Waals surface area contributed by atoms with E-state index in [9.17, 15) is 5.11 Å². The van der Waals surface area contributed by atoms with Crippen molar-refractivity contribution in [2.75, 3.05) is 12.3 Å². The van der Waals surface area contributed by atoms with E-state index in [1.807, 2.05) is 20.8 Å². The number of rotatable bonds is 5. The third-order valence-electron chi connectivity index (χ3n) is 3.31. The molecule has 0 aliphatic heterocycles. The van der Waals surface area contributed by atoms with Gasteiger partial charge in [-0.15, -0.1) is 0 Å². The van der Waals surface area contributed by atoms with E-state index in [2.05, 4.69) is 10.1 Å². The van der Waals surface area contributed by atoms with Crippen LogP contribution >= 0.6 is 0 Å². The average Bonchev–Trinajstić information content (AvgIpc) is 2.92. The van der Waals surface area contributed by atoms with E-state index in [0.29, 0.717) is 29.6 Å². The normalized spacial score (nSPS) is 14.2. The summed E-state index contributed by atoms with van der Waals surface area (Å²) in [6.45, 7) is 6.41. The van der Waals surface area contributed by atoms with E-state index >= 15 is 0 Å². The lowest BCUT2D eigenvalue weighted by atomic mass is 10.0. The molecule has 0 saturated carbocycles. The highest BCUT2D eigenvalue weighted by molar-refractivity contribution is 5.63. The second-order valence-corrected chi connectivity index (χ2v) is 4.71. The molecule has 0 saturated heterocycles. The lowest BCUT2D eigenvalue weighted by Crippen LogP contribution is -2.26. The highest BCUT2D eigenvalue weighted by Gasteiger charge is 2.31. The van der Waals surface area contributed by atoms with Crippen molar-refractivity contribution in [3.63, 3.8) is 0 Å². The zero-order valence-corrected chi connectivity index (χ0v) is 11.9. The monoisotopic (exact) mass is 277 g/mol. The second-order valence-electron chi connectivity index (χ2n) is 4.71. The molecule has 1 atom stereocenters. The average molecular weight is 277 g/mol. The van der Waals surface area contributed by atoms with Crippen LogP contribution in [0.2, 0.25) is 0 Å². The molecule has 2 aromatic rings. The summed E-state index contributed by atoms with van der Waals surface area (Å²) < 4.78 is 10.9. The molecule has 1 aromatic carbocycles. The van der Waals surface area contributed by atoms with Crippen molar-refractivity contribution in [3.05, 3.63) is 24.0 Å². The molecule has 3 N–H and O–H groups in total. The fraction of sp³-hybridized carbons (Fsp3) is 0.429. The van der Waals surface area contributed by atoms with E-state index in [0.717, 1.165) is 6.42 Å². The molecule has 6 nitrogen and oxygen atoms in total. The number of ether oxygens (including phenoxy) is 1. The van der Waals surface area contributed by atoms with Gasteiger partial charge in [-0.2, -0.15) is 4.98 Å². The second kappa shape index (κ2) is 5.50. The minimum absolute atomic E-state index is 0.00897. The summed E-state index contributed by atoms with van der Waals surface area (Å²) in [4.78, 5) is 4.36. The molecule has 0 aliphatic rings. The quantitative estimate of drug-likeness (QED) is 0.644. The van der Waals surface area contributed by atoms with Gasteiger partial charge in [0, 0.05) is 12.2 Å². The largest absolute Gasteiger partial charge is 0.506 e. The molecule has 0 spiro atoms. The molecule has 0 radical (unpaired) electrons. The molecule has 6 heteroatoms. The number of anilines is 1. The molecule has 0 bridgehead atoms. The van der Waals surface area contributed by atoms with Gasteiger partial charge >= 0.3 is 0 Å². The van der Waals surface area contributed by atoms with Gasteiger partial charge in [-0.1, -0.05) is 12.1 Å². The number of phenolic OH excluding ortho intramolecular Hbond substituents is 1. The van der Waals surface area contributed by atoms with Crippen molar-refractivity contribution in [1.82, 2.24) is 10.1 Å². The maximum atomic E-state index is 9.62. The number of nitrogens with zero attached hydrogens (tertiary/aromatic N) is 2. The zero-order chi connectivity index (χ0) is 14.8. The minimum atomic E-state index is -0.577. The Bertz CT molecular complexity index is 597. The Morgan fingerprint density at radius 1 is 1.40 bits per heavy atom. The van der Waals surface area contributed by atoms with Gasteiger partial charge in [0.1, 0.15) is 11.4 Å². The Kier molecular flexibility index (Phi) is 3.94. The number of nitrogen functional groups attached to an aromatic ring is 1. The van der Waals surface area contributed by atoms with Gasteiger partial charge in [-0.3, -0.25) is 0 Å². The van der Waals surface area contributed by atoms with Crippen molar-refractivity contribution < 1.29 is 14.4 Å². The van der Waals surface area contributed by atoms with Crippen LogP contribution < -0.4 is 5.73 Å². The molecule has 20 heavy (non-hydrogen) atoms. The van der Waals surface area contributed by atoms with Gasteiger partial charge in [0.05, 0.1) is 5.69 Å². The van der Waals surface area contributed by atoms with Crippen LogP contribution in [0.3, 0.4) is 0 Å². The van der Waals surface area contributed by atoms with Crippen LogP contribution in [-0.2, 0) is 10.3 Å². The van der Waals surface area contributed by atoms with Crippen molar-refractivity contribution in [2.45, 2.75) is 32.8 Å². The smallest absolute Gasteiger partial charge is 0.258 e. The lowest BCUT2D eigenvalue weighted by Gasteiger charge is -2.23. The predicted octanol–water partition coefficient (Wildman–Crippen LogP) is 2.69. The summed E-state index contributed by atoms with van der Waals surface area (Å²) in [5.41, 5.74) is 5.91. The topological polar surface area (TPSA) is 94.4 Å². The first-order valence-corrected chi connectivity index (χ1v) is 6.57. The van der Waals surface area contributed by atoms with Gasteiger partial charge in [0.25, 0.3) is 5.89 Å². The maximum absolute atomic E-state index is 9.62. The summed E-state index contributed by atoms with van der Waals surface area (Å²) in [6.07, 6.45) is 0.729. The Morgan fingerprint density at radius 2 is 2.15 bits per heavy atom. The highest BCUT2D eigenvalue weighted by atomic mass is 16.5. The van der Waals surface area contributed by atoms with Crippen molar-refractivity contribution in [3.8, 4) is 17.2 Å². The Morgan fingerprint density at radius 3 is 2.75 bits per heavy atom. The van der Waals surface area contributed by atoms with Crippen LogP contribution in [0.1, 0.15) is 33.0 Å². The number of hydrogen-bond acceptors (Lipinski definition) is 6. The predicted molar refractivity (Wildman–Crippen MR) is 75.1 cm³/mol. The number of benzene rings is 1. The minimum Gasteiger partial charge on any atom is -0.506 e. The van der Waals surface area contributed by atoms with Gasteiger partial charge in [-0.25, -0.2) is 0 Å². The summed E-state index contributed by atoms with van der Waals surface area (Å²) in [7, 11) is 0. The van der Waals surface area contributed by atoms with Crippen molar-refractivity contribution in [1.29, 1.82) is 0 Å². The molecular weight excluding hydrogens is 258 g/mol. The fourth-order valence-electron chi connectivity index (χ4n) is 1.88. The molecule has 0 aliphatic carbocycles. The summed E-state index contributed by atoms with van der Waals surface area (Å²) in [5, 5.41) is 13.6. The van der Waals surface area contributed by atoms with E-state index in [4.69, 9.17) is 15.0 Å². The van der Waals surface area contributed by atoms with Gasteiger partial charge in [0.2, 0.25) is 5.82 Å². The molecule has 108 valence electrons. The summed E-state index contributed by atoms with van der Waals surface area (Å²) >= 11 is 0. The molecule has 1 unspecified atom stereocenters. The number of phenols is 1. The number of nitrogens with two attached hydrogens (primary N) is 1.